The number of hydrogen-bond acceptors (Lipinski definition) is 4. The number of amides is 1. The number of piperidine rings is 1. The first-order valence-corrected chi connectivity index (χ1v) is 9.35. The van der Waals surface area contributed by atoms with Gasteiger partial charge in [0.15, 0.2) is 0 Å². The zero-order chi connectivity index (χ0) is 15.0. The van der Waals surface area contributed by atoms with Gasteiger partial charge >= 0.3 is 0 Å². The van der Waals surface area contributed by atoms with Crippen LogP contribution in [0.25, 0.3) is 0 Å². The highest BCUT2D eigenvalue weighted by Crippen LogP contribution is 2.38. The molecule has 5 heteroatoms. The molecule has 3 aliphatic heterocycles. The highest BCUT2D eigenvalue weighted by atomic mass is 32.1. The summed E-state index contributed by atoms with van der Waals surface area (Å²) in [6, 6.07) is 4.48. The Morgan fingerprint density at radius 2 is 2.00 bits per heavy atom. The maximum absolute atomic E-state index is 12.4. The molecule has 0 bridgehead atoms. The molecule has 0 N–H and O–H groups in total. The molecule has 22 heavy (non-hydrogen) atoms. The summed E-state index contributed by atoms with van der Waals surface area (Å²) in [5, 5.41) is 1.97. The molecular formula is C17H24N2O2S. The van der Waals surface area contributed by atoms with Crippen molar-refractivity contribution in [2.24, 2.45) is 0 Å². The van der Waals surface area contributed by atoms with Gasteiger partial charge in [0.1, 0.15) is 0 Å². The molecule has 0 unspecified atom stereocenters. The first kappa shape index (κ1) is 14.7. The summed E-state index contributed by atoms with van der Waals surface area (Å²) < 4.78 is 6.25. The number of rotatable bonds is 2. The van der Waals surface area contributed by atoms with Crippen molar-refractivity contribution in [3.8, 4) is 0 Å². The molecule has 3 fully saturated rings. The van der Waals surface area contributed by atoms with E-state index < -0.39 is 0 Å². The van der Waals surface area contributed by atoms with Crippen LogP contribution in [0.3, 0.4) is 0 Å². The topological polar surface area (TPSA) is 32.8 Å². The Hall–Kier alpha value is -0.910. The molecule has 120 valence electrons. The van der Waals surface area contributed by atoms with Gasteiger partial charge in [0.25, 0.3) is 5.91 Å². The molecule has 1 aromatic heterocycles. The monoisotopic (exact) mass is 320 g/mol. The van der Waals surface area contributed by atoms with E-state index in [1.54, 1.807) is 0 Å². The van der Waals surface area contributed by atoms with Gasteiger partial charge in [-0.1, -0.05) is 6.07 Å². The Labute approximate surface area is 136 Å². The number of carbonyl (C=O) groups excluding carboxylic acids is 1. The third-order valence-electron chi connectivity index (χ3n) is 5.54. The summed E-state index contributed by atoms with van der Waals surface area (Å²) in [5.74, 6) is 0.193. The van der Waals surface area contributed by atoms with E-state index in [9.17, 15) is 4.79 Å². The van der Waals surface area contributed by atoms with Crippen LogP contribution in [0.2, 0.25) is 0 Å². The molecule has 1 amide bonds. The second kappa shape index (κ2) is 5.95. The molecule has 4 heterocycles. The largest absolute Gasteiger partial charge is 0.373 e. The molecule has 0 radical (unpaired) electrons. The van der Waals surface area contributed by atoms with Gasteiger partial charge < -0.3 is 9.64 Å². The van der Waals surface area contributed by atoms with Gasteiger partial charge in [-0.3, -0.25) is 9.69 Å². The van der Waals surface area contributed by atoms with E-state index in [-0.39, 0.29) is 11.5 Å². The molecule has 3 aliphatic rings. The fourth-order valence-electron chi connectivity index (χ4n) is 4.18. The third-order valence-corrected chi connectivity index (χ3v) is 6.40. The van der Waals surface area contributed by atoms with Crippen LogP contribution in [0, 0.1) is 0 Å². The Morgan fingerprint density at radius 3 is 2.68 bits per heavy atom. The second-order valence-electron chi connectivity index (χ2n) is 6.86. The highest BCUT2D eigenvalue weighted by Gasteiger charge is 2.45. The van der Waals surface area contributed by atoms with Crippen molar-refractivity contribution in [3.63, 3.8) is 0 Å². The average Bonchev–Trinajstić information content (AvgIpc) is 3.29. The zero-order valence-corrected chi connectivity index (χ0v) is 13.8. The van der Waals surface area contributed by atoms with Crippen molar-refractivity contribution in [2.75, 3.05) is 32.8 Å². The van der Waals surface area contributed by atoms with Crippen molar-refractivity contribution < 1.29 is 9.53 Å². The molecular weight excluding hydrogens is 296 g/mol. The van der Waals surface area contributed by atoms with Crippen LogP contribution < -0.4 is 0 Å². The quantitative estimate of drug-likeness (QED) is 0.840. The highest BCUT2D eigenvalue weighted by molar-refractivity contribution is 7.12. The lowest BCUT2D eigenvalue weighted by atomic mass is 9.87. The minimum Gasteiger partial charge on any atom is -0.373 e. The Morgan fingerprint density at radius 1 is 1.23 bits per heavy atom. The van der Waals surface area contributed by atoms with Crippen LogP contribution in [0.4, 0.5) is 0 Å². The lowest BCUT2D eigenvalue weighted by Gasteiger charge is -2.38. The normalized spacial score (nSPS) is 28.5. The zero-order valence-electron chi connectivity index (χ0n) is 13.0. The first-order valence-electron chi connectivity index (χ1n) is 8.47. The van der Waals surface area contributed by atoms with Gasteiger partial charge in [0.05, 0.1) is 17.1 Å². The van der Waals surface area contributed by atoms with Crippen LogP contribution in [0.1, 0.15) is 41.8 Å². The summed E-state index contributed by atoms with van der Waals surface area (Å²) in [6.07, 6.45) is 5.83. The van der Waals surface area contributed by atoms with Crippen LogP contribution >= 0.6 is 11.3 Å². The smallest absolute Gasteiger partial charge is 0.263 e. The van der Waals surface area contributed by atoms with Crippen LogP contribution in [0.15, 0.2) is 17.5 Å². The predicted molar refractivity (Wildman–Crippen MR) is 87.4 cm³/mol. The number of likely N-dealkylation sites (tertiary alicyclic amines) is 2. The van der Waals surface area contributed by atoms with Gasteiger partial charge in [0, 0.05) is 19.1 Å². The summed E-state index contributed by atoms with van der Waals surface area (Å²) in [4.78, 5) is 17.9. The van der Waals surface area contributed by atoms with Crippen LogP contribution in [0.5, 0.6) is 0 Å². The lowest BCUT2D eigenvalue weighted by Crippen LogP contribution is -2.47. The molecule has 0 saturated carbocycles. The number of carbonyl (C=O) groups is 1. The SMILES string of the molecule is O=C(c1cccs1)N1CCC2(CC1)C[C@@H](N1CCCC1)CO2. The molecule has 3 saturated heterocycles. The summed E-state index contributed by atoms with van der Waals surface area (Å²) >= 11 is 1.54. The van der Waals surface area contributed by atoms with Gasteiger partial charge in [-0.05, 0) is 56.6 Å². The van der Waals surface area contributed by atoms with Crippen LogP contribution in [-0.2, 0) is 4.74 Å². The molecule has 4 nitrogen and oxygen atoms in total. The standard InChI is InChI=1S/C17H24N2O2S/c20-16(15-4-3-11-22-15)19-9-5-17(6-10-19)12-14(13-21-17)18-7-1-2-8-18/h3-4,11,14H,1-2,5-10,12-13H2/t14-/m1/s1. The van der Waals surface area contributed by atoms with Gasteiger partial charge in [-0.15, -0.1) is 11.3 Å². The minimum atomic E-state index is 0.0412. The Balaban J connectivity index is 1.35. The Kier molecular flexibility index (Phi) is 3.96. The summed E-state index contributed by atoms with van der Waals surface area (Å²) in [7, 11) is 0. The number of hydrogen-bond donors (Lipinski definition) is 0. The third kappa shape index (κ3) is 2.70. The summed E-state index contributed by atoms with van der Waals surface area (Å²) in [5.41, 5.74) is 0.0412. The van der Waals surface area contributed by atoms with E-state index in [1.807, 2.05) is 22.4 Å². The van der Waals surface area contributed by atoms with Crippen molar-refractivity contribution >= 4 is 17.2 Å². The fourth-order valence-corrected chi connectivity index (χ4v) is 4.87. The number of nitrogens with zero attached hydrogens (tertiary/aromatic N) is 2. The second-order valence-corrected chi connectivity index (χ2v) is 7.81. The maximum atomic E-state index is 12.4. The fraction of sp³-hybridized carbons (Fsp3) is 0.706. The predicted octanol–water partition coefficient (Wildman–Crippen LogP) is 2.61. The first-order chi connectivity index (χ1) is 10.8. The van der Waals surface area contributed by atoms with E-state index in [0.717, 1.165) is 43.8 Å². The molecule has 4 rings (SSSR count). The van der Waals surface area contributed by atoms with Crippen molar-refractivity contribution in [1.29, 1.82) is 0 Å². The molecule has 1 spiro atoms. The van der Waals surface area contributed by atoms with E-state index >= 15 is 0 Å². The van der Waals surface area contributed by atoms with E-state index in [0.29, 0.717) is 6.04 Å². The van der Waals surface area contributed by atoms with Crippen molar-refractivity contribution in [1.82, 2.24) is 9.80 Å². The van der Waals surface area contributed by atoms with Crippen molar-refractivity contribution in [3.05, 3.63) is 22.4 Å². The van der Waals surface area contributed by atoms with Crippen molar-refractivity contribution in [2.45, 2.75) is 43.7 Å². The average molecular weight is 320 g/mol. The summed E-state index contributed by atoms with van der Waals surface area (Å²) in [6.45, 7) is 5.05. The molecule has 0 aliphatic carbocycles. The van der Waals surface area contributed by atoms with E-state index in [1.165, 1.54) is 37.3 Å². The number of thiophene rings is 1. The van der Waals surface area contributed by atoms with Gasteiger partial charge in [-0.2, -0.15) is 0 Å². The minimum absolute atomic E-state index is 0.0412. The molecule has 1 aromatic rings. The lowest BCUT2D eigenvalue weighted by molar-refractivity contribution is -0.0392. The van der Waals surface area contributed by atoms with Gasteiger partial charge in [-0.25, -0.2) is 0 Å². The Bertz CT molecular complexity index is 517. The molecule has 1 atom stereocenters. The number of ether oxygens (including phenoxy) is 1. The van der Waals surface area contributed by atoms with E-state index in [4.69, 9.17) is 4.74 Å². The van der Waals surface area contributed by atoms with Gasteiger partial charge in [0.2, 0.25) is 0 Å². The molecule has 0 aromatic carbocycles. The van der Waals surface area contributed by atoms with Crippen LogP contribution in [-0.4, -0.2) is 60.1 Å². The maximum Gasteiger partial charge on any atom is 0.263 e. The van der Waals surface area contributed by atoms with E-state index in [2.05, 4.69) is 4.90 Å².